The summed E-state index contributed by atoms with van der Waals surface area (Å²) in [6, 6.07) is 13.6. The number of aliphatic hydroxyl groups excluding tert-OH is 1. The van der Waals surface area contributed by atoms with Crippen LogP contribution in [0.4, 0.5) is 5.69 Å². The summed E-state index contributed by atoms with van der Waals surface area (Å²) in [7, 11) is 0. The van der Waals surface area contributed by atoms with Gasteiger partial charge in [0.1, 0.15) is 23.0 Å². The maximum atomic E-state index is 13.6. The number of aliphatic hydroxyl groups is 1. The molecule has 4 rings (SSSR count). The first kappa shape index (κ1) is 26.6. The fraction of sp³-hybridized carbons (Fsp3) is 0.406. The Kier molecular flexibility index (Phi) is 7.27. The zero-order chi connectivity index (χ0) is 27.1. The van der Waals surface area contributed by atoms with Gasteiger partial charge in [-0.3, -0.25) is 4.79 Å². The third kappa shape index (κ3) is 4.79. The molecule has 1 aliphatic heterocycles. The van der Waals surface area contributed by atoms with Crippen LogP contribution in [-0.2, 0) is 4.79 Å². The molecular weight excluding hydrogens is 462 g/mol. The minimum atomic E-state index is -0.283. The Morgan fingerprint density at radius 3 is 2.16 bits per heavy atom. The SMILES string of the molecule is CCC(C)Oc1ccc2c(c1)C(=C1C(=O)C(c3ccc(N(CC)CC)cc3)=C1O)C(C)=C(C(C)(C)C)O2. The monoisotopic (exact) mass is 501 g/mol. The van der Waals surface area contributed by atoms with Crippen LogP contribution in [0.3, 0.4) is 0 Å². The van der Waals surface area contributed by atoms with Crippen molar-refractivity contribution in [3.8, 4) is 11.5 Å². The van der Waals surface area contributed by atoms with Gasteiger partial charge < -0.3 is 19.5 Å². The van der Waals surface area contributed by atoms with E-state index in [2.05, 4.69) is 46.4 Å². The van der Waals surface area contributed by atoms with E-state index in [1.165, 1.54) is 0 Å². The van der Waals surface area contributed by atoms with Crippen LogP contribution in [0.15, 0.2) is 65.1 Å². The Morgan fingerprint density at radius 1 is 0.973 bits per heavy atom. The molecule has 2 aliphatic rings. The van der Waals surface area contributed by atoms with Crippen LogP contribution in [0, 0.1) is 5.41 Å². The normalized spacial score (nSPS) is 18.3. The molecule has 1 unspecified atom stereocenters. The molecule has 0 spiro atoms. The Balaban J connectivity index is 1.86. The maximum absolute atomic E-state index is 13.6. The van der Waals surface area contributed by atoms with Crippen LogP contribution < -0.4 is 14.4 Å². The highest BCUT2D eigenvalue weighted by Gasteiger charge is 2.41. The lowest BCUT2D eigenvalue weighted by molar-refractivity contribution is -0.111. The first-order chi connectivity index (χ1) is 17.5. The molecule has 1 N–H and O–H groups in total. The van der Waals surface area contributed by atoms with E-state index in [9.17, 15) is 9.90 Å². The average Bonchev–Trinajstić information content (AvgIpc) is 2.86. The number of fused-ring (bicyclic) bond motifs is 1. The number of benzene rings is 2. The van der Waals surface area contributed by atoms with E-state index >= 15 is 0 Å². The van der Waals surface area contributed by atoms with Gasteiger partial charge in [0.15, 0.2) is 0 Å². The van der Waals surface area contributed by atoms with Crippen LogP contribution in [0.2, 0.25) is 0 Å². The van der Waals surface area contributed by atoms with Crippen molar-refractivity contribution < 1.29 is 19.4 Å². The van der Waals surface area contributed by atoms with E-state index in [-0.39, 0.29) is 23.1 Å². The highest BCUT2D eigenvalue weighted by molar-refractivity contribution is 6.41. The van der Waals surface area contributed by atoms with Gasteiger partial charge in [-0.05, 0) is 75.6 Å². The number of ketones is 1. The fourth-order valence-electron chi connectivity index (χ4n) is 5.05. The summed E-state index contributed by atoms with van der Waals surface area (Å²) in [4.78, 5) is 15.9. The number of ether oxygens (including phenoxy) is 2. The summed E-state index contributed by atoms with van der Waals surface area (Å²) in [5.74, 6) is 2.04. The molecule has 0 saturated carbocycles. The smallest absolute Gasteiger partial charge is 0.201 e. The third-order valence-corrected chi connectivity index (χ3v) is 7.20. The van der Waals surface area contributed by atoms with Gasteiger partial charge in [0.25, 0.3) is 0 Å². The number of rotatable bonds is 7. The predicted molar refractivity (Wildman–Crippen MR) is 151 cm³/mol. The Bertz CT molecular complexity index is 1300. The highest BCUT2D eigenvalue weighted by Crippen LogP contribution is 2.50. The molecule has 1 atom stereocenters. The highest BCUT2D eigenvalue weighted by atomic mass is 16.5. The largest absolute Gasteiger partial charge is 0.506 e. The summed E-state index contributed by atoms with van der Waals surface area (Å²) in [6.07, 6.45) is 0.942. The number of hydrogen-bond acceptors (Lipinski definition) is 5. The van der Waals surface area contributed by atoms with Crippen LogP contribution in [0.25, 0.3) is 11.1 Å². The number of allylic oxidation sites excluding steroid dienone is 5. The molecule has 2 aromatic rings. The standard InChI is InChI=1S/C32H39NO4/c1-9-19(4)36-23-16-17-25-24(18-23)26(20(5)31(37-25)32(6,7)8)28-29(34)27(30(28)35)21-12-14-22(15-13-21)33(10-2)11-3/h12-19,34H,9-11H2,1-8H3. The van der Waals surface area contributed by atoms with Crippen LogP contribution in [0.1, 0.15) is 72.9 Å². The molecule has 196 valence electrons. The first-order valence-electron chi connectivity index (χ1n) is 13.3. The second kappa shape index (κ2) is 10.1. The first-order valence-corrected chi connectivity index (χ1v) is 13.3. The second-order valence-corrected chi connectivity index (χ2v) is 10.8. The lowest BCUT2D eigenvalue weighted by Gasteiger charge is -2.34. The zero-order valence-electron chi connectivity index (χ0n) is 23.4. The predicted octanol–water partition coefficient (Wildman–Crippen LogP) is 7.73. The van der Waals surface area contributed by atoms with Crippen LogP contribution in [-0.4, -0.2) is 30.1 Å². The summed E-state index contributed by atoms with van der Waals surface area (Å²) in [5, 5.41) is 11.3. The summed E-state index contributed by atoms with van der Waals surface area (Å²) in [6.45, 7) is 18.4. The summed E-state index contributed by atoms with van der Waals surface area (Å²) >= 11 is 0. The number of Topliss-reactive ketones (excluding diaryl/α,β-unsaturated/α-hetero) is 1. The molecule has 1 heterocycles. The number of carbonyl (C=O) groups is 1. The van der Waals surface area contributed by atoms with E-state index < -0.39 is 0 Å². The minimum absolute atomic E-state index is 0.0318. The van der Waals surface area contributed by atoms with E-state index in [1.54, 1.807) is 0 Å². The summed E-state index contributed by atoms with van der Waals surface area (Å²) < 4.78 is 12.4. The van der Waals surface area contributed by atoms with Crippen molar-refractivity contribution in [2.24, 2.45) is 5.41 Å². The minimum Gasteiger partial charge on any atom is -0.506 e. The number of hydrogen-bond donors (Lipinski definition) is 1. The van der Waals surface area contributed by atoms with E-state index in [0.29, 0.717) is 28.2 Å². The van der Waals surface area contributed by atoms with Crippen molar-refractivity contribution in [1.29, 1.82) is 0 Å². The molecule has 0 bridgehead atoms. The fourth-order valence-corrected chi connectivity index (χ4v) is 5.05. The average molecular weight is 502 g/mol. The topological polar surface area (TPSA) is 59.0 Å². The third-order valence-electron chi connectivity index (χ3n) is 7.20. The quantitative estimate of drug-likeness (QED) is 0.393. The Morgan fingerprint density at radius 2 is 1.62 bits per heavy atom. The molecule has 37 heavy (non-hydrogen) atoms. The van der Waals surface area contributed by atoms with Crippen molar-refractivity contribution in [3.63, 3.8) is 0 Å². The Labute approximate surface area is 221 Å². The van der Waals surface area contributed by atoms with Crippen molar-refractivity contribution in [3.05, 3.63) is 76.3 Å². The molecule has 0 amide bonds. The number of carbonyl (C=O) groups excluding carboxylic acids is 1. The van der Waals surface area contributed by atoms with Gasteiger partial charge >= 0.3 is 0 Å². The van der Waals surface area contributed by atoms with Gasteiger partial charge in [0.05, 0.1) is 17.3 Å². The molecule has 5 nitrogen and oxygen atoms in total. The lowest BCUT2D eigenvalue weighted by atomic mass is 9.75. The van der Waals surface area contributed by atoms with E-state index in [4.69, 9.17) is 9.47 Å². The van der Waals surface area contributed by atoms with Gasteiger partial charge in [-0.1, -0.05) is 39.8 Å². The molecule has 0 saturated heterocycles. The van der Waals surface area contributed by atoms with Gasteiger partial charge in [-0.25, -0.2) is 0 Å². The van der Waals surface area contributed by atoms with Gasteiger partial charge in [-0.15, -0.1) is 0 Å². The molecule has 2 aromatic carbocycles. The molecule has 5 heteroatoms. The zero-order valence-corrected chi connectivity index (χ0v) is 23.4. The van der Waals surface area contributed by atoms with Crippen molar-refractivity contribution in [2.45, 2.75) is 67.9 Å². The van der Waals surface area contributed by atoms with E-state index in [0.717, 1.165) is 47.7 Å². The second-order valence-electron chi connectivity index (χ2n) is 10.8. The molecule has 1 aliphatic carbocycles. The van der Waals surface area contributed by atoms with Crippen molar-refractivity contribution in [1.82, 2.24) is 0 Å². The van der Waals surface area contributed by atoms with Gasteiger partial charge in [0, 0.05) is 35.3 Å². The molecular formula is C32H39NO4. The summed E-state index contributed by atoms with van der Waals surface area (Å²) in [5.41, 5.74) is 4.57. The molecule has 0 radical (unpaired) electrons. The van der Waals surface area contributed by atoms with Crippen LogP contribution >= 0.6 is 0 Å². The molecule has 0 fully saturated rings. The van der Waals surface area contributed by atoms with Gasteiger partial charge in [0.2, 0.25) is 5.78 Å². The van der Waals surface area contributed by atoms with Crippen molar-refractivity contribution in [2.75, 3.05) is 18.0 Å². The van der Waals surface area contributed by atoms with Crippen LogP contribution in [0.5, 0.6) is 11.5 Å². The van der Waals surface area contributed by atoms with Gasteiger partial charge in [-0.2, -0.15) is 0 Å². The molecule has 0 aromatic heterocycles. The Hall–Kier alpha value is -3.47. The number of anilines is 1. The maximum Gasteiger partial charge on any atom is 0.201 e. The van der Waals surface area contributed by atoms with Crippen molar-refractivity contribution >= 4 is 22.6 Å². The number of nitrogens with zero attached hydrogens (tertiary/aromatic N) is 1. The lowest BCUT2D eigenvalue weighted by Crippen LogP contribution is -2.27. The van der Waals surface area contributed by atoms with E-state index in [1.807, 2.05) is 56.3 Å².